The summed E-state index contributed by atoms with van der Waals surface area (Å²) in [5.41, 5.74) is 3.75. The van der Waals surface area contributed by atoms with Gasteiger partial charge in [-0.3, -0.25) is 29.6 Å². The highest BCUT2D eigenvalue weighted by Gasteiger charge is 2.39. The first-order chi connectivity index (χ1) is 16.5. The summed E-state index contributed by atoms with van der Waals surface area (Å²) in [6, 6.07) is 6.96. The topological polar surface area (TPSA) is 108 Å². The normalized spacial score (nSPS) is 22.9. The molecule has 3 aromatic rings. The Labute approximate surface area is 196 Å². The number of carbonyl (C=O) groups is 3. The third kappa shape index (κ3) is 3.71. The van der Waals surface area contributed by atoms with E-state index in [1.165, 1.54) is 10.9 Å². The van der Waals surface area contributed by atoms with Crippen LogP contribution in [0.1, 0.15) is 40.7 Å². The van der Waals surface area contributed by atoms with Gasteiger partial charge in [-0.25, -0.2) is 0 Å². The van der Waals surface area contributed by atoms with Gasteiger partial charge in [0.1, 0.15) is 17.9 Å². The summed E-state index contributed by atoms with van der Waals surface area (Å²) in [6.45, 7) is 2.98. The van der Waals surface area contributed by atoms with Crippen LogP contribution in [0.5, 0.6) is 5.75 Å². The number of aromatic nitrogens is 2. The van der Waals surface area contributed by atoms with E-state index in [-0.39, 0.29) is 24.3 Å². The summed E-state index contributed by atoms with van der Waals surface area (Å²) in [5.74, 6) is -0.112. The van der Waals surface area contributed by atoms with Gasteiger partial charge in [-0.2, -0.15) is 0 Å². The molecule has 2 saturated heterocycles. The Morgan fingerprint density at radius 3 is 2.94 bits per heavy atom. The number of rotatable bonds is 5. The lowest BCUT2D eigenvalue weighted by atomic mass is 10.0. The van der Waals surface area contributed by atoms with Crippen LogP contribution in [0.25, 0.3) is 10.9 Å². The predicted octanol–water partition coefficient (Wildman–Crippen LogP) is 1.98. The third-order valence-corrected chi connectivity index (χ3v) is 6.99. The molecule has 9 nitrogen and oxygen atoms in total. The lowest BCUT2D eigenvalue weighted by Crippen LogP contribution is -2.52. The second-order valence-corrected chi connectivity index (χ2v) is 9.22. The fourth-order valence-electron chi connectivity index (χ4n) is 5.26. The van der Waals surface area contributed by atoms with E-state index >= 15 is 0 Å². The van der Waals surface area contributed by atoms with E-state index in [0.717, 1.165) is 42.9 Å². The highest BCUT2D eigenvalue weighted by molar-refractivity contribution is 6.05. The number of aromatic amines is 1. The number of ether oxygens (including phenoxy) is 1. The van der Waals surface area contributed by atoms with Crippen molar-refractivity contribution in [2.24, 2.45) is 0 Å². The lowest BCUT2D eigenvalue weighted by Gasteiger charge is -2.29. The van der Waals surface area contributed by atoms with Gasteiger partial charge in [-0.05, 0) is 48.2 Å². The fourth-order valence-corrected chi connectivity index (χ4v) is 5.26. The van der Waals surface area contributed by atoms with Crippen molar-refractivity contribution < 1.29 is 19.1 Å². The van der Waals surface area contributed by atoms with Crippen LogP contribution in [0.2, 0.25) is 0 Å². The lowest BCUT2D eigenvalue weighted by molar-refractivity contribution is -0.136. The molecular formula is C25H25N5O4. The van der Waals surface area contributed by atoms with Crippen LogP contribution < -0.4 is 10.1 Å². The molecule has 6 rings (SSSR count). The molecule has 0 spiro atoms. The zero-order valence-electron chi connectivity index (χ0n) is 18.6. The van der Waals surface area contributed by atoms with E-state index in [1.807, 2.05) is 36.8 Å². The zero-order valence-corrected chi connectivity index (χ0v) is 18.6. The Hall–Kier alpha value is -3.72. The number of imide groups is 1. The van der Waals surface area contributed by atoms with E-state index in [4.69, 9.17) is 4.74 Å². The number of amides is 3. The summed E-state index contributed by atoms with van der Waals surface area (Å²) in [4.78, 5) is 48.0. The minimum atomic E-state index is -0.606. The van der Waals surface area contributed by atoms with Crippen molar-refractivity contribution in [1.29, 1.82) is 0 Å². The standard InChI is InChI=1S/C25H25N5O4/c31-23-4-3-22(24(32)28-23)30-13-15-9-17(1-2-20(15)25(30)33)34-18-6-8-29(14-18)12-16-10-27-21-11-26-7-5-19(16)21/h1-2,5,7,9-11,18,22,27H,3-4,6,8,12-14H2,(H,28,31,32)/t18-,22?/m1/s1. The van der Waals surface area contributed by atoms with E-state index in [0.29, 0.717) is 18.5 Å². The Bertz CT molecular complexity index is 1300. The molecule has 0 radical (unpaired) electrons. The number of H-pyrrole nitrogens is 1. The Balaban J connectivity index is 1.10. The highest BCUT2D eigenvalue weighted by Crippen LogP contribution is 2.31. The number of fused-ring (bicyclic) bond motifs is 2. The maximum atomic E-state index is 12.9. The smallest absolute Gasteiger partial charge is 0.255 e. The van der Waals surface area contributed by atoms with Gasteiger partial charge in [0, 0.05) is 55.9 Å². The minimum Gasteiger partial charge on any atom is -0.489 e. The molecule has 1 unspecified atom stereocenters. The molecule has 2 N–H and O–H groups in total. The van der Waals surface area contributed by atoms with Crippen LogP contribution in [0.3, 0.4) is 0 Å². The predicted molar refractivity (Wildman–Crippen MR) is 123 cm³/mol. The molecule has 34 heavy (non-hydrogen) atoms. The summed E-state index contributed by atoms with van der Waals surface area (Å²) >= 11 is 0. The first-order valence-corrected chi connectivity index (χ1v) is 11.6. The van der Waals surface area contributed by atoms with Crippen molar-refractivity contribution in [2.45, 2.75) is 44.5 Å². The molecule has 9 heteroatoms. The maximum absolute atomic E-state index is 12.9. The second kappa shape index (κ2) is 8.25. The maximum Gasteiger partial charge on any atom is 0.255 e. The largest absolute Gasteiger partial charge is 0.489 e. The average molecular weight is 460 g/mol. The molecule has 0 saturated carbocycles. The molecule has 2 aromatic heterocycles. The second-order valence-electron chi connectivity index (χ2n) is 9.22. The molecule has 2 atom stereocenters. The number of likely N-dealkylation sites (tertiary alicyclic amines) is 1. The van der Waals surface area contributed by atoms with Crippen molar-refractivity contribution in [3.05, 3.63) is 59.5 Å². The van der Waals surface area contributed by atoms with Gasteiger partial charge in [0.05, 0.1) is 11.7 Å². The summed E-state index contributed by atoms with van der Waals surface area (Å²) < 4.78 is 6.28. The monoisotopic (exact) mass is 459 g/mol. The zero-order chi connectivity index (χ0) is 23.2. The van der Waals surface area contributed by atoms with Crippen molar-refractivity contribution in [3.8, 4) is 5.75 Å². The number of pyridine rings is 1. The molecule has 5 heterocycles. The van der Waals surface area contributed by atoms with E-state index in [1.54, 1.807) is 11.0 Å². The number of hydrogen-bond donors (Lipinski definition) is 2. The Morgan fingerprint density at radius 2 is 2.06 bits per heavy atom. The van der Waals surface area contributed by atoms with Crippen LogP contribution in [0, 0.1) is 0 Å². The number of nitrogens with one attached hydrogen (secondary N) is 2. The molecule has 0 aliphatic carbocycles. The van der Waals surface area contributed by atoms with Gasteiger partial charge < -0.3 is 14.6 Å². The minimum absolute atomic E-state index is 0.0771. The number of piperidine rings is 1. The molecular weight excluding hydrogens is 434 g/mol. The van der Waals surface area contributed by atoms with Crippen LogP contribution in [0.15, 0.2) is 42.9 Å². The number of hydrogen-bond acceptors (Lipinski definition) is 6. The molecule has 0 bridgehead atoms. The molecule has 3 aliphatic heterocycles. The summed E-state index contributed by atoms with van der Waals surface area (Å²) in [7, 11) is 0. The molecule has 1 aromatic carbocycles. The van der Waals surface area contributed by atoms with Crippen molar-refractivity contribution >= 4 is 28.6 Å². The third-order valence-electron chi connectivity index (χ3n) is 6.99. The van der Waals surface area contributed by atoms with Gasteiger partial charge in [-0.1, -0.05) is 0 Å². The van der Waals surface area contributed by atoms with E-state index < -0.39 is 11.9 Å². The quantitative estimate of drug-likeness (QED) is 0.565. The van der Waals surface area contributed by atoms with Crippen LogP contribution in [0.4, 0.5) is 0 Å². The van der Waals surface area contributed by atoms with Crippen molar-refractivity contribution in [3.63, 3.8) is 0 Å². The number of carbonyl (C=O) groups excluding carboxylic acids is 3. The SMILES string of the molecule is O=C1CCC(N2Cc3cc(O[C@@H]4CCN(Cc5c[nH]c6cnccc56)C4)ccc3C2=O)C(=O)N1. The van der Waals surface area contributed by atoms with Crippen LogP contribution in [-0.2, 0) is 22.7 Å². The van der Waals surface area contributed by atoms with E-state index in [9.17, 15) is 14.4 Å². The van der Waals surface area contributed by atoms with Crippen LogP contribution >= 0.6 is 0 Å². The van der Waals surface area contributed by atoms with Gasteiger partial charge in [0.25, 0.3) is 5.91 Å². The first-order valence-electron chi connectivity index (χ1n) is 11.6. The molecule has 174 valence electrons. The number of nitrogens with zero attached hydrogens (tertiary/aromatic N) is 3. The van der Waals surface area contributed by atoms with Crippen molar-refractivity contribution in [1.82, 2.24) is 25.1 Å². The van der Waals surface area contributed by atoms with Gasteiger partial charge >= 0.3 is 0 Å². The Kier molecular flexibility index (Phi) is 5.06. The highest BCUT2D eigenvalue weighted by atomic mass is 16.5. The molecule has 3 amide bonds. The number of benzene rings is 1. The average Bonchev–Trinajstić information content (AvgIpc) is 3.53. The molecule has 3 aliphatic rings. The van der Waals surface area contributed by atoms with Gasteiger partial charge in [0.15, 0.2) is 0 Å². The summed E-state index contributed by atoms with van der Waals surface area (Å²) in [6.07, 6.45) is 7.32. The van der Waals surface area contributed by atoms with Gasteiger partial charge in [-0.15, -0.1) is 0 Å². The first kappa shape index (κ1) is 20.9. The fraction of sp³-hybridized carbons (Fsp3) is 0.360. The Morgan fingerprint density at radius 1 is 1.15 bits per heavy atom. The van der Waals surface area contributed by atoms with E-state index in [2.05, 4.69) is 20.2 Å². The van der Waals surface area contributed by atoms with Crippen molar-refractivity contribution in [2.75, 3.05) is 13.1 Å². The summed E-state index contributed by atoms with van der Waals surface area (Å²) in [5, 5.41) is 3.53. The van der Waals surface area contributed by atoms with Gasteiger partial charge in [0.2, 0.25) is 11.8 Å². The van der Waals surface area contributed by atoms with Crippen LogP contribution in [-0.4, -0.2) is 62.7 Å². The molecule has 2 fully saturated rings.